The van der Waals surface area contributed by atoms with Crippen LogP contribution in [0.3, 0.4) is 0 Å². The molecular formula is C10H9ClFN3. The molecule has 0 aliphatic rings. The predicted octanol–water partition coefficient (Wildman–Crippen LogP) is 2.38. The molecule has 3 N–H and O–H groups in total. The molecule has 0 aliphatic heterocycles. The highest BCUT2D eigenvalue weighted by Crippen LogP contribution is 2.21. The van der Waals surface area contributed by atoms with Crippen LogP contribution in [0.5, 0.6) is 0 Å². The number of nitrogens with one attached hydrogen (secondary N) is 1. The number of nitrogen functional groups attached to an aromatic ring is 1. The molecule has 0 unspecified atom stereocenters. The second-order valence-electron chi connectivity index (χ2n) is 3.21. The standard InChI is InChI=1S/C10H9ClFN3/c11-10-9(13)8(14-15-10)5-6-1-3-7(12)4-2-6/h1-4H,5,13H2,(H,14,15). The number of hydrogen-bond donors (Lipinski definition) is 2. The summed E-state index contributed by atoms with van der Waals surface area (Å²) >= 11 is 5.69. The van der Waals surface area contributed by atoms with Gasteiger partial charge < -0.3 is 5.73 Å². The Morgan fingerprint density at radius 3 is 2.53 bits per heavy atom. The lowest BCUT2D eigenvalue weighted by Gasteiger charge is -1.99. The highest BCUT2D eigenvalue weighted by atomic mass is 35.5. The van der Waals surface area contributed by atoms with Crippen LogP contribution in [0.25, 0.3) is 0 Å². The third-order valence-corrected chi connectivity index (χ3v) is 2.42. The summed E-state index contributed by atoms with van der Waals surface area (Å²) < 4.78 is 12.6. The van der Waals surface area contributed by atoms with Crippen molar-refractivity contribution in [3.8, 4) is 0 Å². The average Bonchev–Trinajstić information content (AvgIpc) is 2.53. The molecule has 1 aromatic heterocycles. The van der Waals surface area contributed by atoms with Crippen LogP contribution < -0.4 is 5.73 Å². The van der Waals surface area contributed by atoms with Crippen LogP contribution in [-0.4, -0.2) is 10.2 Å². The molecule has 0 atom stereocenters. The molecule has 78 valence electrons. The molecule has 0 radical (unpaired) electrons. The first kappa shape index (κ1) is 9.98. The van der Waals surface area contributed by atoms with Crippen molar-refractivity contribution in [1.29, 1.82) is 0 Å². The van der Waals surface area contributed by atoms with Crippen LogP contribution in [0.1, 0.15) is 11.3 Å². The van der Waals surface area contributed by atoms with E-state index in [4.69, 9.17) is 17.3 Å². The van der Waals surface area contributed by atoms with Crippen LogP contribution in [0.2, 0.25) is 5.15 Å². The van der Waals surface area contributed by atoms with E-state index in [1.54, 1.807) is 12.1 Å². The van der Waals surface area contributed by atoms with Gasteiger partial charge >= 0.3 is 0 Å². The van der Waals surface area contributed by atoms with Crippen molar-refractivity contribution in [3.63, 3.8) is 0 Å². The molecule has 0 amide bonds. The highest BCUT2D eigenvalue weighted by molar-refractivity contribution is 6.31. The van der Waals surface area contributed by atoms with E-state index in [0.29, 0.717) is 12.1 Å². The maximum absolute atomic E-state index is 12.6. The number of benzene rings is 1. The van der Waals surface area contributed by atoms with Crippen LogP contribution in [-0.2, 0) is 6.42 Å². The predicted molar refractivity (Wildman–Crippen MR) is 57.2 cm³/mol. The van der Waals surface area contributed by atoms with Gasteiger partial charge in [-0.25, -0.2) is 4.39 Å². The van der Waals surface area contributed by atoms with Gasteiger partial charge in [0.2, 0.25) is 0 Å². The van der Waals surface area contributed by atoms with Gasteiger partial charge in [0.15, 0.2) is 5.15 Å². The fourth-order valence-corrected chi connectivity index (χ4v) is 1.46. The van der Waals surface area contributed by atoms with Crippen LogP contribution in [0, 0.1) is 5.82 Å². The largest absolute Gasteiger partial charge is 0.395 e. The molecule has 2 aromatic rings. The van der Waals surface area contributed by atoms with Gasteiger partial charge in [0.05, 0.1) is 11.4 Å². The minimum Gasteiger partial charge on any atom is -0.395 e. The first-order valence-electron chi connectivity index (χ1n) is 4.39. The molecule has 0 spiro atoms. The van der Waals surface area contributed by atoms with Gasteiger partial charge in [0.25, 0.3) is 0 Å². The van der Waals surface area contributed by atoms with Gasteiger partial charge in [-0.15, -0.1) is 0 Å². The number of hydrogen-bond acceptors (Lipinski definition) is 2. The molecular weight excluding hydrogens is 217 g/mol. The molecule has 5 heteroatoms. The summed E-state index contributed by atoms with van der Waals surface area (Å²) in [6, 6.07) is 6.21. The number of aromatic amines is 1. The molecule has 1 aromatic carbocycles. The summed E-state index contributed by atoms with van der Waals surface area (Å²) in [5.41, 5.74) is 7.82. The molecule has 1 heterocycles. The Morgan fingerprint density at radius 1 is 1.33 bits per heavy atom. The zero-order chi connectivity index (χ0) is 10.8. The van der Waals surface area contributed by atoms with Crippen molar-refractivity contribution in [3.05, 3.63) is 46.5 Å². The maximum atomic E-state index is 12.6. The fraction of sp³-hybridized carbons (Fsp3) is 0.100. The Kier molecular flexibility index (Phi) is 2.60. The minimum absolute atomic E-state index is 0.255. The van der Waals surface area contributed by atoms with Crippen LogP contribution >= 0.6 is 11.6 Å². The third-order valence-electron chi connectivity index (χ3n) is 2.13. The van der Waals surface area contributed by atoms with E-state index in [2.05, 4.69) is 10.2 Å². The second kappa shape index (κ2) is 3.90. The highest BCUT2D eigenvalue weighted by Gasteiger charge is 2.07. The number of rotatable bonds is 2. The maximum Gasteiger partial charge on any atom is 0.174 e. The number of anilines is 1. The van der Waals surface area contributed by atoms with E-state index in [1.165, 1.54) is 12.1 Å². The SMILES string of the molecule is Nc1c(Cl)n[nH]c1Cc1ccc(F)cc1. The van der Waals surface area contributed by atoms with Gasteiger partial charge in [-0.3, -0.25) is 5.10 Å². The van der Waals surface area contributed by atoms with E-state index in [9.17, 15) is 4.39 Å². The minimum atomic E-state index is -0.255. The molecule has 15 heavy (non-hydrogen) atoms. The third kappa shape index (κ3) is 2.10. The average molecular weight is 226 g/mol. The lowest BCUT2D eigenvalue weighted by atomic mass is 10.1. The van der Waals surface area contributed by atoms with E-state index < -0.39 is 0 Å². The summed E-state index contributed by atoms with van der Waals surface area (Å²) in [5, 5.41) is 6.78. The fourth-order valence-electron chi connectivity index (χ4n) is 1.30. The van der Waals surface area contributed by atoms with E-state index >= 15 is 0 Å². The first-order valence-corrected chi connectivity index (χ1v) is 4.77. The van der Waals surface area contributed by atoms with Crippen LogP contribution in [0.15, 0.2) is 24.3 Å². The monoisotopic (exact) mass is 225 g/mol. The smallest absolute Gasteiger partial charge is 0.174 e. The summed E-state index contributed by atoms with van der Waals surface area (Å²) in [7, 11) is 0. The lowest BCUT2D eigenvalue weighted by Crippen LogP contribution is -1.94. The van der Waals surface area contributed by atoms with Gasteiger partial charge in [-0.05, 0) is 17.7 Å². The van der Waals surface area contributed by atoms with Gasteiger partial charge in [-0.1, -0.05) is 23.7 Å². The lowest BCUT2D eigenvalue weighted by molar-refractivity contribution is 0.627. The Labute approximate surface area is 91.1 Å². The molecule has 0 aliphatic carbocycles. The van der Waals surface area contributed by atoms with E-state index in [-0.39, 0.29) is 11.0 Å². The summed E-state index contributed by atoms with van der Waals surface area (Å²) in [5.74, 6) is -0.255. The number of nitrogens with zero attached hydrogens (tertiary/aromatic N) is 1. The van der Waals surface area contributed by atoms with Crippen LogP contribution in [0.4, 0.5) is 10.1 Å². The number of H-pyrrole nitrogens is 1. The van der Waals surface area contributed by atoms with Gasteiger partial charge in [0, 0.05) is 6.42 Å². The number of aromatic nitrogens is 2. The molecule has 0 saturated carbocycles. The summed E-state index contributed by atoms with van der Waals surface area (Å²) in [4.78, 5) is 0. The normalized spacial score (nSPS) is 10.5. The van der Waals surface area contributed by atoms with E-state index in [0.717, 1.165) is 11.3 Å². The van der Waals surface area contributed by atoms with Crippen molar-refractivity contribution in [1.82, 2.24) is 10.2 Å². The van der Waals surface area contributed by atoms with Crippen molar-refractivity contribution in [2.24, 2.45) is 0 Å². The zero-order valence-corrected chi connectivity index (χ0v) is 8.55. The Balaban J connectivity index is 2.22. The van der Waals surface area contributed by atoms with E-state index in [1.807, 2.05) is 0 Å². The molecule has 0 fully saturated rings. The first-order chi connectivity index (χ1) is 7.16. The number of nitrogens with two attached hydrogens (primary N) is 1. The molecule has 0 saturated heterocycles. The Bertz CT molecular complexity index is 464. The Morgan fingerprint density at radius 2 is 2.00 bits per heavy atom. The van der Waals surface area contributed by atoms with Gasteiger partial charge in [0.1, 0.15) is 5.82 Å². The quantitative estimate of drug-likeness (QED) is 0.825. The summed E-state index contributed by atoms with van der Waals surface area (Å²) in [6.07, 6.45) is 0.561. The van der Waals surface area contributed by atoms with Crippen molar-refractivity contribution in [2.75, 3.05) is 5.73 Å². The Hall–Kier alpha value is -1.55. The molecule has 3 nitrogen and oxygen atoms in total. The van der Waals surface area contributed by atoms with Crippen molar-refractivity contribution >= 4 is 17.3 Å². The zero-order valence-electron chi connectivity index (χ0n) is 7.80. The molecule has 0 bridgehead atoms. The molecule has 2 rings (SSSR count). The van der Waals surface area contributed by atoms with Crippen molar-refractivity contribution in [2.45, 2.75) is 6.42 Å². The topological polar surface area (TPSA) is 54.7 Å². The summed E-state index contributed by atoms with van der Waals surface area (Å²) in [6.45, 7) is 0. The number of halogens is 2. The second-order valence-corrected chi connectivity index (χ2v) is 3.57. The van der Waals surface area contributed by atoms with Gasteiger partial charge in [-0.2, -0.15) is 5.10 Å². The van der Waals surface area contributed by atoms with Crippen molar-refractivity contribution < 1.29 is 4.39 Å².